The maximum atomic E-state index is 12.4. The van der Waals surface area contributed by atoms with Crippen LogP contribution in [0.2, 0.25) is 0 Å². The molecule has 2 aromatic rings. The van der Waals surface area contributed by atoms with Gasteiger partial charge in [-0.1, -0.05) is 19.1 Å². The number of aryl methyl sites for hydroxylation is 1. The highest BCUT2D eigenvalue weighted by atomic mass is 16.5. The van der Waals surface area contributed by atoms with Crippen LogP contribution in [-0.2, 0) is 11.2 Å². The van der Waals surface area contributed by atoms with Crippen LogP contribution in [0.25, 0.3) is 0 Å². The topological polar surface area (TPSA) is 80.3 Å². The van der Waals surface area contributed by atoms with Gasteiger partial charge in [0.15, 0.2) is 0 Å². The van der Waals surface area contributed by atoms with Crippen molar-refractivity contribution in [2.75, 3.05) is 25.6 Å². The van der Waals surface area contributed by atoms with E-state index in [4.69, 9.17) is 4.74 Å². The van der Waals surface area contributed by atoms with Crippen LogP contribution in [0.4, 0.5) is 5.69 Å². The number of amides is 2. The number of methoxy groups -OCH3 is 1. The molecule has 2 rings (SSSR count). The third-order valence-corrected chi connectivity index (χ3v) is 3.69. The molecule has 0 aliphatic heterocycles. The van der Waals surface area contributed by atoms with Gasteiger partial charge in [-0.25, -0.2) is 0 Å². The molecule has 0 spiro atoms. The Kier molecular flexibility index (Phi) is 7.10. The highest BCUT2D eigenvalue weighted by Crippen LogP contribution is 2.12. The fraction of sp³-hybridized carbons (Fsp3) is 0.316. The van der Waals surface area contributed by atoms with E-state index in [1.165, 1.54) is 17.8 Å². The van der Waals surface area contributed by atoms with Crippen molar-refractivity contribution >= 4 is 17.5 Å². The standard InChI is InChI=1S/C19H23N3O3/c1-3-14-5-7-16(8-6-14)22-18(23)15-9-11-20-17(13-15)19(24)21-10-4-12-25-2/h5-9,11,13H,3-4,10,12H2,1-2H3,(H,21,24)(H,22,23). The lowest BCUT2D eigenvalue weighted by Crippen LogP contribution is -2.26. The number of rotatable bonds is 8. The quantitative estimate of drug-likeness (QED) is 0.724. The first-order chi connectivity index (χ1) is 12.1. The fourth-order valence-electron chi connectivity index (χ4n) is 2.23. The van der Waals surface area contributed by atoms with Gasteiger partial charge < -0.3 is 15.4 Å². The summed E-state index contributed by atoms with van der Waals surface area (Å²) in [5, 5.41) is 5.57. The van der Waals surface area contributed by atoms with E-state index in [0.717, 1.165) is 12.8 Å². The van der Waals surface area contributed by atoms with Gasteiger partial charge in [0, 0.05) is 37.7 Å². The van der Waals surface area contributed by atoms with Gasteiger partial charge in [-0.3, -0.25) is 14.6 Å². The lowest BCUT2D eigenvalue weighted by Gasteiger charge is -2.08. The molecule has 0 saturated carbocycles. The molecular weight excluding hydrogens is 318 g/mol. The van der Waals surface area contributed by atoms with Gasteiger partial charge in [0.25, 0.3) is 11.8 Å². The number of anilines is 1. The van der Waals surface area contributed by atoms with Crippen LogP contribution in [0.1, 0.15) is 39.8 Å². The van der Waals surface area contributed by atoms with E-state index in [1.807, 2.05) is 24.3 Å². The number of hydrogen-bond donors (Lipinski definition) is 2. The minimum Gasteiger partial charge on any atom is -0.385 e. The zero-order valence-electron chi connectivity index (χ0n) is 14.5. The average molecular weight is 341 g/mol. The smallest absolute Gasteiger partial charge is 0.269 e. The molecule has 0 atom stereocenters. The first-order valence-corrected chi connectivity index (χ1v) is 8.27. The summed E-state index contributed by atoms with van der Waals surface area (Å²) in [5.74, 6) is -0.585. The zero-order valence-corrected chi connectivity index (χ0v) is 14.5. The number of nitrogens with zero attached hydrogens (tertiary/aromatic N) is 1. The Balaban J connectivity index is 1.99. The summed E-state index contributed by atoms with van der Waals surface area (Å²) in [6.45, 7) is 3.15. The second kappa shape index (κ2) is 9.54. The minimum atomic E-state index is -0.307. The van der Waals surface area contributed by atoms with E-state index in [-0.39, 0.29) is 17.5 Å². The number of benzene rings is 1. The molecule has 0 radical (unpaired) electrons. The number of hydrogen-bond acceptors (Lipinski definition) is 4. The maximum Gasteiger partial charge on any atom is 0.269 e. The monoisotopic (exact) mass is 341 g/mol. The van der Waals surface area contributed by atoms with Crippen molar-refractivity contribution in [3.05, 3.63) is 59.4 Å². The van der Waals surface area contributed by atoms with Crippen molar-refractivity contribution < 1.29 is 14.3 Å². The molecule has 1 aromatic heterocycles. The summed E-state index contributed by atoms with van der Waals surface area (Å²) < 4.78 is 4.93. The number of carbonyl (C=O) groups excluding carboxylic acids is 2. The molecule has 0 aliphatic rings. The van der Waals surface area contributed by atoms with Gasteiger partial charge >= 0.3 is 0 Å². The molecule has 6 nitrogen and oxygen atoms in total. The molecule has 0 unspecified atom stereocenters. The summed E-state index contributed by atoms with van der Waals surface area (Å²) in [4.78, 5) is 28.4. The number of aromatic nitrogens is 1. The molecule has 1 heterocycles. The molecule has 0 aliphatic carbocycles. The number of pyridine rings is 1. The van der Waals surface area contributed by atoms with E-state index >= 15 is 0 Å². The van der Waals surface area contributed by atoms with Crippen LogP contribution < -0.4 is 10.6 Å². The van der Waals surface area contributed by atoms with Gasteiger partial charge in [-0.2, -0.15) is 0 Å². The SMILES string of the molecule is CCc1ccc(NC(=O)c2ccnc(C(=O)NCCCOC)c2)cc1. The molecule has 2 N–H and O–H groups in total. The van der Waals surface area contributed by atoms with Crippen LogP contribution in [0.15, 0.2) is 42.6 Å². The van der Waals surface area contributed by atoms with Gasteiger partial charge in [0.05, 0.1) is 0 Å². The van der Waals surface area contributed by atoms with E-state index in [0.29, 0.717) is 24.4 Å². The van der Waals surface area contributed by atoms with Crippen molar-refractivity contribution in [3.63, 3.8) is 0 Å². The molecule has 0 bridgehead atoms. The summed E-state index contributed by atoms with van der Waals surface area (Å²) in [5.41, 5.74) is 2.52. The Bertz CT molecular complexity index is 714. The summed E-state index contributed by atoms with van der Waals surface area (Å²) in [6.07, 6.45) is 3.12. The number of carbonyl (C=O) groups is 2. The van der Waals surface area contributed by atoms with Crippen molar-refractivity contribution in [3.8, 4) is 0 Å². The largest absolute Gasteiger partial charge is 0.385 e. The highest BCUT2D eigenvalue weighted by Gasteiger charge is 2.12. The third-order valence-electron chi connectivity index (χ3n) is 3.69. The Labute approximate surface area is 147 Å². The molecule has 6 heteroatoms. The summed E-state index contributed by atoms with van der Waals surface area (Å²) in [7, 11) is 1.61. The fourth-order valence-corrected chi connectivity index (χ4v) is 2.23. The lowest BCUT2D eigenvalue weighted by molar-refractivity contribution is 0.0943. The molecule has 132 valence electrons. The van der Waals surface area contributed by atoms with E-state index in [9.17, 15) is 9.59 Å². The van der Waals surface area contributed by atoms with E-state index in [1.54, 1.807) is 13.2 Å². The average Bonchev–Trinajstić information content (AvgIpc) is 2.65. The van der Waals surface area contributed by atoms with Crippen molar-refractivity contribution in [2.24, 2.45) is 0 Å². The number of ether oxygens (including phenoxy) is 1. The van der Waals surface area contributed by atoms with Gasteiger partial charge in [0.1, 0.15) is 5.69 Å². The maximum absolute atomic E-state index is 12.4. The van der Waals surface area contributed by atoms with Crippen LogP contribution in [-0.4, -0.2) is 37.1 Å². The molecule has 0 saturated heterocycles. The Morgan fingerprint density at radius 1 is 1.12 bits per heavy atom. The molecule has 25 heavy (non-hydrogen) atoms. The normalized spacial score (nSPS) is 10.3. The number of nitrogens with one attached hydrogen (secondary N) is 2. The molecule has 1 aromatic carbocycles. The van der Waals surface area contributed by atoms with Crippen molar-refractivity contribution in [2.45, 2.75) is 19.8 Å². The summed E-state index contributed by atoms with van der Waals surface area (Å²) >= 11 is 0. The van der Waals surface area contributed by atoms with Crippen LogP contribution >= 0.6 is 0 Å². The second-order valence-corrected chi connectivity index (χ2v) is 5.54. The highest BCUT2D eigenvalue weighted by molar-refractivity contribution is 6.05. The minimum absolute atomic E-state index is 0.214. The van der Waals surface area contributed by atoms with Crippen LogP contribution in [0, 0.1) is 0 Å². The molecule has 2 amide bonds. The summed E-state index contributed by atoms with van der Waals surface area (Å²) in [6, 6.07) is 10.7. The predicted molar refractivity (Wildman–Crippen MR) is 96.8 cm³/mol. The first-order valence-electron chi connectivity index (χ1n) is 8.27. The second-order valence-electron chi connectivity index (χ2n) is 5.54. The van der Waals surface area contributed by atoms with Crippen molar-refractivity contribution in [1.29, 1.82) is 0 Å². The molecular formula is C19H23N3O3. The Hall–Kier alpha value is -2.73. The Morgan fingerprint density at radius 2 is 1.88 bits per heavy atom. The van der Waals surface area contributed by atoms with E-state index in [2.05, 4.69) is 22.5 Å². The van der Waals surface area contributed by atoms with Gasteiger partial charge in [-0.15, -0.1) is 0 Å². The van der Waals surface area contributed by atoms with Crippen LogP contribution in [0.3, 0.4) is 0 Å². The van der Waals surface area contributed by atoms with Crippen molar-refractivity contribution in [1.82, 2.24) is 10.3 Å². The first kappa shape index (κ1) is 18.6. The van der Waals surface area contributed by atoms with Gasteiger partial charge in [-0.05, 0) is 42.7 Å². The van der Waals surface area contributed by atoms with E-state index < -0.39 is 0 Å². The van der Waals surface area contributed by atoms with Crippen LogP contribution in [0.5, 0.6) is 0 Å². The zero-order chi connectivity index (χ0) is 18.1. The Morgan fingerprint density at radius 3 is 2.56 bits per heavy atom. The predicted octanol–water partition coefficient (Wildman–Crippen LogP) is 2.66. The molecule has 0 fully saturated rings. The lowest BCUT2D eigenvalue weighted by atomic mass is 10.1. The van der Waals surface area contributed by atoms with Gasteiger partial charge in [0.2, 0.25) is 0 Å². The third kappa shape index (κ3) is 5.69.